The standard InChI is InChI=1S/C30H42BN/c1-6-8-10-12-14-24-18-19-26(20-24)31-29-21-25(15-11-9-7-2)28-17-13-16-27(30(28)29)23(5)32(31)22(3)4/h7,13,16-23,25-26H,2,6,8-12,14-15H2,1,3-5H3. The highest BCUT2D eigenvalue weighted by Gasteiger charge is 2.46. The molecule has 0 N–H and O–H groups in total. The molecule has 1 heterocycles. The Bertz CT molecular complexity index is 905. The van der Waals surface area contributed by atoms with Gasteiger partial charge < -0.3 is 4.81 Å². The molecule has 32 heavy (non-hydrogen) atoms. The second-order valence-electron chi connectivity index (χ2n) is 10.4. The van der Waals surface area contributed by atoms with Crippen molar-refractivity contribution in [2.24, 2.45) is 0 Å². The van der Waals surface area contributed by atoms with Crippen molar-refractivity contribution < 1.29 is 0 Å². The van der Waals surface area contributed by atoms with Gasteiger partial charge in [-0.25, -0.2) is 0 Å². The monoisotopic (exact) mass is 427 g/mol. The van der Waals surface area contributed by atoms with Crippen molar-refractivity contribution in [1.82, 2.24) is 4.81 Å². The lowest BCUT2D eigenvalue weighted by atomic mass is 9.41. The molecule has 170 valence electrons. The van der Waals surface area contributed by atoms with Crippen LogP contribution in [0.25, 0.3) is 5.47 Å². The average Bonchev–Trinajstić information content (AvgIpc) is 3.39. The molecule has 0 saturated heterocycles. The fourth-order valence-corrected chi connectivity index (χ4v) is 6.39. The summed E-state index contributed by atoms with van der Waals surface area (Å²) >= 11 is 0. The summed E-state index contributed by atoms with van der Waals surface area (Å²) in [5.41, 5.74) is 7.86. The van der Waals surface area contributed by atoms with Crippen molar-refractivity contribution in [3.8, 4) is 0 Å². The molecule has 1 nitrogen and oxygen atoms in total. The molecule has 3 atom stereocenters. The molecule has 2 aliphatic carbocycles. The molecule has 3 aliphatic rings. The minimum Gasteiger partial charge on any atom is -0.329 e. The van der Waals surface area contributed by atoms with Gasteiger partial charge in [0.1, 0.15) is 0 Å². The molecule has 0 aromatic heterocycles. The lowest BCUT2D eigenvalue weighted by Crippen LogP contribution is -2.51. The number of benzene rings is 1. The number of hydrogen-bond acceptors (Lipinski definition) is 1. The molecule has 0 amide bonds. The van der Waals surface area contributed by atoms with Crippen LogP contribution in [-0.4, -0.2) is 17.7 Å². The third kappa shape index (κ3) is 4.49. The van der Waals surface area contributed by atoms with Crippen LogP contribution in [0.15, 0.2) is 60.7 Å². The smallest absolute Gasteiger partial charge is 0.269 e. The van der Waals surface area contributed by atoms with Crippen LogP contribution < -0.4 is 0 Å². The zero-order valence-electron chi connectivity index (χ0n) is 20.8. The number of allylic oxidation sites excluding steroid dienone is 6. The maximum Gasteiger partial charge on any atom is 0.269 e. The van der Waals surface area contributed by atoms with Crippen molar-refractivity contribution in [2.45, 2.75) is 103 Å². The Hall–Kier alpha value is -1.80. The fraction of sp³-hybridized carbons (Fsp3) is 0.533. The van der Waals surface area contributed by atoms with Gasteiger partial charge in [-0.3, -0.25) is 0 Å². The molecule has 0 saturated carbocycles. The molecule has 3 unspecified atom stereocenters. The number of nitrogens with zero attached hydrogens (tertiary/aromatic N) is 1. The first kappa shape index (κ1) is 23.4. The van der Waals surface area contributed by atoms with E-state index >= 15 is 0 Å². The Morgan fingerprint density at radius 2 is 1.91 bits per heavy atom. The van der Waals surface area contributed by atoms with E-state index in [0.717, 1.165) is 6.42 Å². The van der Waals surface area contributed by atoms with E-state index in [1.165, 1.54) is 50.5 Å². The van der Waals surface area contributed by atoms with Gasteiger partial charge in [-0.15, -0.1) is 6.58 Å². The van der Waals surface area contributed by atoms with Crippen molar-refractivity contribution in [1.29, 1.82) is 0 Å². The van der Waals surface area contributed by atoms with Crippen LogP contribution in [0.2, 0.25) is 5.82 Å². The summed E-state index contributed by atoms with van der Waals surface area (Å²) in [5.74, 6) is 1.05. The predicted molar refractivity (Wildman–Crippen MR) is 142 cm³/mol. The first-order valence-electron chi connectivity index (χ1n) is 13.2. The van der Waals surface area contributed by atoms with E-state index in [2.05, 4.69) is 87.7 Å². The van der Waals surface area contributed by atoms with Gasteiger partial charge in [-0.05, 0) is 67.6 Å². The van der Waals surface area contributed by atoms with Crippen molar-refractivity contribution in [3.63, 3.8) is 0 Å². The predicted octanol–water partition coefficient (Wildman–Crippen LogP) is 8.68. The average molecular weight is 427 g/mol. The lowest BCUT2D eigenvalue weighted by Gasteiger charge is -2.45. The number of hydrogen-bond donors (Lipinski definition) is 0. The lowest BCUT2D eigenvalue weighted by molar-refractivity contribution is 0.289. The molecule has 0 spiro atoms. The summed E-state index contributed by atoms with van der Waals surface area (Å²) in [7, 11) is 0. The largest absolute Gasteiger partial charge is 0.329 e. The van der Waals surface area contributed by atoms with E-state index in [0.29, 0.717) is 30.7 Å². The molecule has 0 bridgehead atoms. The van der Waals surface area contributed by atoms with Gasteiger partial charge in [-0.1, -0.05) is 99.7 Å². The first-order chi connectivity index (χ1) is 15.6. The topological polar surface area (TPSA) is 3.24 Å². The molecule has 0 fully saturated rings. The Labute approximate surface area is 197 Å². The van der Waals surface area contributed by atoms with E-state index in [9.17, 15) is 0 Å². The van der Waals surface area contributed by atoms with Crippen molar-refractivity contribution in [3.05, 3.63) is 77.4 Å². The van der Waals surface area contributed by atoms with E-state index < -0.39 is 0 Å². The SMILES string of the molecule is C=CCCCC1C=C2B(C3C=CC(CCCCCC)=C3)N(C(C)C)C(C)c3cccc1c32. The second kappa shape index (κ2) is 10.4. The Morgan fingerprint density at radius 3 is 2.66 bits per heavy atom. The Kier molecular flexibility index (Phi) is 7.61. The summed E-state index contributed by atoms with van der Waals surface area (Å²) in [6.07, 6.45) is 22.4. The van der Waals surface area contributed by atoms with Crippen LogP contribution in [0.3, 0.4) is 0 Å². The van der Waals surface area contributed by atoms with E-state index in [1.807, 2.05) is 0 Å². The maximum atomic E-state index is 3.93. The molecule has 1 aromatic rings. The minimum atomic E-state index is 0.451. The maximum absolute atomic E-state index is 3.93. The summed E-state index contributed by atoms with van der Waals surface area (Å²) in [6, 6.07) is 8.05. The molecule has 0 radical (unpaired) electrons. The van der Waals surface area contributed by atoms with Crippen LogP contribution in [0.1, 0.15) is 108 Å². The van der Waals surface area contributed by atoms with Crippen LogP contribution in [0.5, 0.6) is 0 Å². The van der Waals surface area contributed by atoms with Gasteiger partial charge in [-0.2, -0.15) is 0 Å². The highest BCUT2D eigenvalue weighted by molar-refractivity contribution is 6.79. The molecule has 1 aliphatic heterocycles. The fourth-order valence-electron chi connectivity index (χ4n) is 6.39. The van der Waals surface area contributed by atoms with E-state index in [4.69, 9.17) is 0 Å². The molecule has 2 heteroatoms. The third-order valence-electron chi connectivity index (χ3n) is 7.88. The van der Waals surface area contributed by atoms with Crippen LogP contribution in [0, 0.1) is 0 Å². The van der Waals surface area contributed by atoms with Crippen LogP contribution in [0.4, 0.5) is 0 Å². The Balaban J connectivity index is 1.66. The van der Waals surface area contributed by atoms with Crippen molar-refractivity contribution in [2.75, 3.05) is 0 Å². The summed E-state index contributed by atoms with van der Waals surface area (Å²) in [5, 5.41) is 0. The van der Waals surface area contributed by atoms with E-state index in [-0.39, 0.29) is 0 Å². The normalized spacial score (nSPS) is 24.2. The summed E-state index contributed by atoms with van der Waals surface area (Å²) in [6.45, 7) is 13.9. The quantitative estimate of drug-likeness (QED) is 0.194. The molecular weight excluding hydrogens is 385 g/mol. The third-order valence-corrected chi connectivity index (χ3v) is 7.88. The zero-order valence-corrected chi connectivity index (χ0v) is 20.8. The number of unbranched alkanes of at least 4 members (excludes halogenated alkanes) is 4. The molecular formula is C30H42BN. The van der Waals surface area contributed by atoms with Gasteiger partial charge >= 0.3 is 0 Å². The van der Waals surface area contributed by atoms with Gasteiger partial charge in [0.05, 0.1) is 0 Å². The van der Waals surface area contributed by atoms with E-state index in [1.54, 1.807) is 22.2 Å². The van der Waals surface area contributed by atoms with Gasteiger partial charge in [0.15, 0.2) is 0 Å². The van der Waals surface area contributed by atoms with Gasteiger partial charge in [0, 0.05) is 12.0 Å². The molecule has 1 aromatic carbocycles. The van der Waals surface area contributed by atoms with Gasteiger partial charge in [0.2, 0.25) is 0 Å². The van der Waals surface area contributed by atoms with Crippen LogP contribution in [-0.2, 0) is 0 Å². The van der Waals surface area contributed by atoms with Crippen LogP contribution >= 0.6 is 0 Å². The molecule has 4 rings (SSSR count). The van der Waals surface area contributed by atoms with Crippen molar-refractivity contribution >= 4 is 12.3 Å². The van der Waals surface area contributed by atoms with Gasteiger partial charge in [0.25, 0.3) is 6.85 Å². The first-order valence-corrected chi connectivity index (χ1v) is 13.2. The highest BCUT2D eigenvalue weighted by atomic mass is 15.1. The zero-order chi connectivity index (χ0) is 22.7. The second-order valence-corrected chi connectivity index (χ2v) is 10.4. The summed E-state index contributed by atoms with van der Waals surface area (Å²) in [4.78, 5) is 2.79. The highest BCUT2D eigenvalue weighted by Crippen LogP contribution is 2.52. The summed E-state index contributed by atoms with van der Waals surface area (Å²) < 4.78 is 0. The Morgan fingerprint density at radius 1 is 1.09 bits per heavy atom. The minimum absolute atomic E-state index is 0.451. The number of rotatable bonds is 11.